The van der Waals surface area contributed by atoms with E-state index in [1.165, 1.54) is 42.3 Å². The quantitative estimate of drug-likeness (QED) is 0.882. The van der Waals surface area contributed by atoms with Crippen LogP contribution in [-0.4, -0.2) is 24.6 Å². The van der Waals surface area contributed by atoms with E-state index >= 15 is 0 Å². The lowest BCUT2D eigenvalue weighted by Gasteiger charge is -2.11. The van der Waals surface area contributed by atoms with Gasteiger partial charge in [-0.15, -0.1) is 0 Å². The number of fused-ring (bicyclic) bond motifs is 1. The third kappa shape index (κ3) is 2.87. The van der Waals surface area contributed by atoms with Gasteiger partial charge in [0.2, 0.25) is 0 Å². The fourth-order valence-corrected chi connectivity index (χ4v) is 2.78. The second-order valence-corrected chi connectivity index (χ2v) is 5.46. The van der Waals surface area contributed by atoms with Crippen LogP contribution >= 0.6 is 0 Å². The molecule has 0 radical (unpaired) electrons. The Kier molecular flexibility index (Phi) is 3.65. The normalized spacial score (nSPS) is 18.9. The number of nitrogens with one attached hydrogen (secondary N) is 2. The summed E-state index contributed by atoms with van der Waals surface area (Å²) < 4.78 is 0. The maximum atomic E-state index is 4.49. The Morgan fingerprint density at radius 3 is 3.16 bits per heavy atom. The number of benzene rings is 1. The van der Waals surface area contributed by atoms with Gasteiger partial charge in [0.05, 0.1) is 0 Å². The minimum Gasteiger partial charge on any atom is -0.370 e. The van der Waals surface area contributed by atoms with Crippen molar-refractivity contribution < 1.29 is 0 Å². The Morgan fingerprint density at radius 1 is 1.37 bits per heavy atom. The first-order valence-electron chi connectivity index (χ1n) is 7.13. The van der Waals surface area contributed by atoms with Gasteiger partial charge in [0.15, 0.2) is 0 Å². The molecule has 19 heavy (non-hydrogen) atoms. The van der Waals surface area contributed by atoms with Crippen molar-refractivity contribution in [2.24, 2.45) is 5.92 Å². The number of anilines is 1. The molecule has 0 aliphatic carbocycles. The summed E-state index contributed by atoms with van der Waals surface area (Å²) in [5, 5.41) is 9.40. The summed E-state index contributed by atoms with van der Waals surface area (Å²) in [5.41, 5.74) is 1.28. The highest BCUT2D eigenvalue weighted by Crippen LogP contribution is 2.22. The van der Waals surface area contributed by atoms with E-state index in [0.29, 0.717) is 0 Å². The Balaban J connectivity index is 1.71. The topological polar surface area (TPSA) is 37.0 Å². The van der Waals surface area contributed by atoms with Crippen molar-refractivity contribution in [3.63, 3.8) is 0 Å². The van der Waals surface area contributed by atoms with E-state index in [9.17, 15) is 0 Å². The predicted molar refractivity (Wildman–Crippen MR) is 80.6 cm³/mol. The Labute approximate surface area is 114 Å². The molecule has 1 aliphatic rings. The number of rotatable bonds is 4. The Morgan fingerprint density at radius 2 is 2.32 bits per heavy atom. The molecule has 0 bridgehead atoms. The van der Waals surface area contributed by atoms with Gasteiger partial charge in [-0.3, -0.25) is 0 Å². The minimum atomic E-state index is 0.823. The molecule has 1 unspecified atom stereocenters. The second kappa shape index (κ2) is 5.57. The summed E-state index contributed by atoms with van der Waals surface area (Å²) in [5.74, 6) is 1.84. The van der Waals surface area contributed by atoms with Crippen LogP contribution in [0.3, 0.4) is 0 Å². The van der Waals surface area contributed by atoms with Crippen LogP contribution in [0.2, 0.25) is 0 Å². The summed E-state index contributed by atoms with van der Waals surface area (Å²) >= 11 is 0. The van der Waals surface area contributed by atoms with E-state index in [0.717, 1.165) is 18.3 Å². The monoisotopic (exact) mass is 255 g/mol. The molecular formula is C16H21N3. The van der Waals surface area contributed by atoms with Crippen LogP contribution in [0.1, 0.15) is 18.4 Å². The van der Waals surface area contributed by atoms with Crippen LogP contribution in [0.15, 0.2) is 30.5 Å². The summed E-state index contributed by atoms with van der Waals surface area (Å²) in [6.07, 6.45) is 4.41. The molecule has 3 rings (SSSR count). The first-order chi connectivity index (χ1) is 9.33. The molecule has 1 fully saturated rings. The van der Waals surface area contributed by atoms with E-state index in [1.807, 2.05) is 6.20 Å². The number of pyridine rings is 1. The van der Waals surface area contributed by atoms with E-state index < -0.39 is 0 Å². The fourth-order valence-electron chi connectivity index (χ4n) is 2.78. The first kappa shape index (κ1) is 12.4. The second-order valence-electron chi connectivity index (χ2n) is 5.46. The molecule has 100 valence electrons. The van der Waals surface area contributed by atoms with Gasteiger partial charge in [0.1, 0.15) is 5.82 Å². The van der Waals surface area contributed by atoms with Gasteiger partial charge in [-0.1, -0.05) is 17.7 Å². The van der Waals surface area contributed by atoms with E-state index in [2.05, 4.69) is 46.8 Å². The highest BCUT2D eigenvalue weighted by Gasteiger charge is 2.13. The average molecular weight is 255 g/mol. The summed E-state index contributed by atoms with van der Waals surface area (Å²) in [6.45, 7) is 5.48. The molecule has 0 spiro atoms. The van der Waals surface area contributed by atoms with Crippen molar-refractivity contribution in [2.45, 2.75) is 19.8 Å². The van der Waals surface area contributed by atoms with Crippen molar-refractivity contribution in [1.82, 2.24) is 10.3 Å². The van der Waals surface area contributed by atoms with Gasteiger partial charge in [-0.25, -0.2) is 4.98 Å². The number of aryl methyl sites for hydroxylation is 1. The Bertz CT molecular complexity index is 559. The molecule has 1 aromatic heterocycles. The average Bonchev–Trinajstić information content (AvgIpc) is 2.92. The third-order valence-electron chi connectivity index (χ3n) is 3.93. The largest absolute Gasteiger partial charge is 0.370 e. The smallest absolute Gasteiger partial charge is 0.133 e. The molecule has 0 amide bonds. The summed E-state index contributed by atoms with van der Waals surface area (Å²) in [7, 11) is 0. The predicted octanol–water partition coefficient (Wildman–Crippen LogP) is 2.95. The number of hydrogen-bond acceptors (Lipinski definition) is 3. The highest BCUT2D eigenvalue weighted by molar-refractivity contribution is 5.92. The fraction of sp³-hybridized carbons (Fsp3) is 0.438. The van der Waals surface area contributed by atoms with Crippen LogP contribution in [0.5, 0.6) is 0 Å². The maximum Gasteiger partial charge on any atom is 0.133 e. The number of nitrogens with zero attached hydrogens (tertiary/aromatic N) is 1. The van der Waals surface area contributed by atoms with E-state index in [1.54, 1.807) is 0 Å². The Hall–Kier alpha value is -1.61. The zero-order valence-electron chi connectivity index (χ0n) is 11.4. The molecule has 2 heterocycles. The van der Waals surface area contributed by atoms with Crippen LogP contribution < -0.4 is 10.6 Å². The van der Waals surface area contributed by atoms with Gasteiger partial charge >= 0.3 is 0 Å². The molecule has 1 atom stereocenters. The molecule has 1 aromatic carbocycles. The van der Waals surface area contributed by atoms with Gasteiger partial charge in [-0.2, -0.15) is 0 Å². The summed E-state index contributed by atoms with van der Waals surface area (Å²) in [4.78, 5) is 4.49. The minimum absolute atomic E-state index is 0.823. The van der Waals surface area contributed by atoms with Crippen molar-refractivity contribution in [2.75, 3.05) is 25.0 Å². The standard InChI is InChI=1S/C16H21N3/c1-12-2-3-14-6-9-19-16(15(14)10-12)18-8-5-13-4-7-17-11-13/h2-3,6,9-10,13,17H,4-5,7-8,11H2,1H3,(H,18,19). The molecule has 1 saturated heterocycles. The lowest BCUT2D eigenvalue weighted by Crippen LogP contribution is -2.13. The van der Waals surface area contributed by atoms with E-state index in [-0.39, 0.29) is 0 Å². The van der Waals surface area contributed by atoms with Crippen LogP contribution in [0.4, 0.5) is 5.82 Å². The van der Waals surface area contributed by atoms with Gasteiger partial charge in [-0.05, 0) is 56.3 Å². The van der Waals surface area contributed by atoms with Gasteiger partial charge in [0.25, 0.3) is 0 Å². The summed E-state index contributed by atoms with van der Waals surface area (Å²) in [6, 6.07) is 8.59. The molecule has 3 heteroatoms. The van der Waals surface area contributed by atoms with Crippen molar-refractivity contribution in [1.29, 1.82) is 0 Å². The van der Waals surface area contributed by atoms with Crippen LogP contribution in [-0.2, 0) is 0 Å². The number of aromatic nitrogens is 1. The molecule has 3 nitrogen and oxygen atoms in total. The zero-order chi connectivity index (χ0) is 13.1. The van der Waals surface area contributed by atoms with Crippen molar-refractivity contribution in [3.8, 4) is 0 Å². The maximum absolute atomic E-state index is 4.49. The third-order valence-corrected chi connectivity index (χ3v) is 3.93. The molecule has 0 saturated carbocycles. The molecule has 2 N–H and O–H groups in total. The SMILES string of the molecule is Cc1ccc2ccnc(NCCC3CCNC3)c2c1. The lowest BCUT2D eigenvalue weighted by molar-refractivity contribution is 0.549. The lowest BCUT2D eigenvalue weighted by atomic mass is 10.1. The zero-order valence-corrected chi connectivity index (χ0v) is 11.4. The number of hydrogen-bond donors (Lipinski definition) is 2. The van der Waals surface area contributed by atoms with Gasteiger partial charge < -0.3 is 10.6 Å². The molecular weight excluding hydrogens is 234 g/mol. The highest BCUT2D eigenvalue weighted by atomic mass is 15.0. The molecule has 1 aliphatic heterocycles. The van der Waals surface area contributed by atoms with Crippen LogP contribution in [0, 0.1) is 12.8 Å². The van der Waals surface area contributed by atoms with Crippen molar-refractivity contribution >= 4 is 16.6 Å². The van der Waals surface area contributed by atoms with Crippen LogP contribution in [0.25, 0.3) is 10.8 Å². The van der Waals surface area contributed by atoms with Gasteiger partial charge in [0, 0.05) is 18.1 Å². The van der Waals surface area contributed by atoms with Crippen molar-refractivity contribution in [3.05, 3.63) is 36.0 Å². The first-order valence-corrected chi connectivity index (χ1v) is 7.13. The van der Waals surface area contributed by atoms with E-state index in [4.69, 9.17) is 0 Å². The molecule has 2 aromatic rings.